The molecule has 1 N–H and O–H groups in total. The maximum Gasteiger partial charge on any atom is 0.244 e. The minimum absolute atomic E-state index is 0.0653. The van der Waals surface area contributed by atoms with Crippen LogP contribution in [0, 0.1) is 19.8 Å². The minimum atomic E-state index is -0.232. The molecule has 2 atom stereocenters. The molecule has 112 valence electrons. The zero-order valence-electron chi connectivity index (χ0n) is 13.1. The van der Waals surface area contributed by atoms with Crippen molar-refractivity contribution in [3.05, 3.63) is 34.9 Å². The molecule has 1 aromatic rings. The lowest BCUT2D eigenvalue weighted by Gasteiger charge is -2.31. The highest BCUT2D eigenvalue weighted by Gasteiger charge is 2.61. The number of aryl methyl sites for hydroxylation is 2. The first-order valence-corrected chi connectivity index (χ1v) is 8.19. The number of amides is 1. The monoisotopic (exact) mass is 284 g/mol. The first kappa shape index (κ1) is 13.3. The molecule has 2 saturated carbocycles. The van der Waals surface area contributed by atoms with Gasteiger partial charge in [-0.2, -0.15) is 0 Å². The Morgan fingerprint density at radius 2 is 2.00 bits per heavy atom. The van der Waals surface area contributed by atoms with E-state index in [2.05, 4.69) is 49.2 Å². The average Bonchev–Trinajstić information content (AvgIpc) is 3.33. The van der Waals surface area contributed by atoms with Crippen LogP contribution in [-0.2, 0) is 4.79 Å². The number of benzene rings is 1. The molecule has 3 fully saturated rings. The standard InChI is InChI=1S/C18H24N2O/c1-11-4-5-12(2)15(10-11)16-19-18(8-9-18)17(21)20(16)13(3)14-6-7-14/h4-5,10,13-14,16,19H,6-9H2,1-3H3. The summed E-state index contributed by atoms with van der Waals surface area (Å²) in [7, 11) is 0. The number of nitrogens with zero attached hydrogens (tertiary/aromatic N) is 1. The Morgan fingerprint density at radius 3 is 2.62 bits per heavy atom. The summed E-state index contributed by atoms with van der Waals surface area (Å²) in [6.45, 7) is 6.51. The van der Waals surface area contributed by atoms with E-state index < -0.39 is 0 Å². The second kappa shape index (κ2) is 4.33. The average molecular weight is 284 g/mol. The zero-order valence-corrected chi connectivity index (χ0v) is 13.1. The molecule has 1 aliphatic heterocycles. The molecule has 1 spiro atoms. The third kappa shape index (κ3) is 2.02. The molecule has 0 bridgehead atoms. The number of carbonyl (C=O) groups excluding carboxylic acids is 1. The smallest absolute Gasteiger partial charge is 0.244 e. The van der Waals surface area contributed by atoms with Crippen molar-refractivity contribution in [2.45, 2.75) is 64.2 Å². The van der Waals surface area contributed by atoms with Gasteiger partial charge in [0.1, 0.15) is 11.7 Å². The van der Waals surface area contributed by atoms with E-state index in [1.165, 1.54) is 29.5 Å². The Balaban J connectivity index is 1.74. The molecule has 3 nitrogen and oxygen atoms in total. The summed E-state index contributed by atoms with van der Waals surface area (Å²) in [6, 6.07) is 6.93. The van der Waals surface area contributed by atoms with Gasteiger partial charge in [0.15, 0.2) is 0 Å². The van der Waals surface area contributed by atoms with Crippen LogP contribution in [0.15, 0.2) is 18.2 Å². The van der Waals surface area contributed by atoms with Crippen LogP contribution in [0.2, 0.25) is 0 Å². The van der Waals surface area contributed by atoms with Gasteiger partial charge in [-0.15, -0.1) is 0 Å². The van der Waals surface area contributed by atoms with E-state index in [0.717, 1.165) is 12.8 Å². The summed E-state index contributed by atoms with van der Waals surface area (Å²) < 4.78 is 0. The van der Waals surface area contributed by atoms with Gasteiger partial charge in [0.25, 0.3) is 0 Å². The Bertz CT molecular complexity index is 601. The van der Waals surface area contributed by atoms with Crippen LogP contribution in [0.25, 0.3) is 0 Å². The molecule has 1 saturated heterocycles. The molecular formula is C18H24N2O. The summed E-state index contributed by atoms with van der Waals surface area (Å²) in [5.74, 6) is 1.05. The Morgan fingerprint density at radius 1 is 1.29 bits per heavy atom. The van der Waals surface area contributed by atoms with Crippen LogP contribution in [0.4, 0.5) is 0 Å². The van der Waals surface area contributed by atoms with Gasteiger partial charge >= 0.3 is 0 Å². The molecule has 3 heteroatoms. The second-order valence-corrected chi connectivity index (χ2v) is 7.28. The fourth-order valence-corrected chi connectivity index (χ4v) is 3.75. The summed E-state index contributed by atoms with van der Waals surface area (Å²) in [5.41, 5.74) is 3.58. The van der Waals surface area contributed by atoms with E-state index in [4.69, 9.17) is 0 Å². The molecule has 3 aliphatic rings. The zero-order chi connectivity index (χ0) is 14.8. The molecule has 0 aromatic heterocycles. The normalized spacial score (nSPS) is 28.2. The van der Waals surface area contributed by atoms with E-state index in [9.17, 15) is 4.79 Å². The molecule has 4 rings (SSSR count). The summed E-state index contributed by atoms with van der Waals surface area (Å²) in [4.78, 5) is 15.1. The van der Waals surface area contributed by atoms with Crippen LogP contribution >= 0.6 is 0 Å². The quantitative estimate of drug-likeness (QED) is 0.925. The molecule has 21 heavy (non-hydrogen) atoms. The maximum atomic E-state index is 12.9. The minimum Gasteiger partial charge on any atom is -0.318 e. The Hall–Kier alpha value is -1.35. The lowest BCUT2D eigenvalue weighted by molar-refractivity contribution is -0.133. The Labute approximate surface area is 126 Å². The topological polar surface area (TPSA) is 32.3 Å². The Kier molecular flexibility index (Phi) is 2.74. The van der Waals surface area contributed by atoms with Crippen LogP contribution < -0.4 is 5.32 Å². The van der Waals surface area contributed by atoms with Crippen LogP contribution in [0.1, 0.15) is 55.5 Å². The molecule has 2 unspecified atom stereocenters. The summed E-state index contributed by atoms with van der Waals surface area (Å²) >= 11 is 0. The van der Waals surface area contributed by atoms with Crippen LogP contribution in [0.5, 0.6) is 0 Å². The maximum absolute atomic E-state index is 12.9. The highest BCUT2D eigenvalue weighted by Crippen LogP contribution is 2.49. The largest absolute Gasteiger partial charge is 0.318 e. The van der Waals surface area contributed by atoms with Gasteiger partial charge in [-0.1, -0.05) is 23.8 Å². The van der Waals surface area contributed by atoms with E-state index in [-0.39, 0.29) is 11.7 Å². The molecule has 1 aromatic carbocycles. The van der Waals surface area contributed by atoms with Crippen LogP contribution in [0.3, 0.4) is 0 Å². The lowest BCUT2D eigenvalue weighted by atomic mass is 10.0. The number of hydrogen-bond donors (Lipinski definition) is 1. The highest BCUT2D eigenvalue weighted by molar-refractivity contribution is 5.92. The van der Waals surface area contributed by atoms with E-state index in [1.54, 1.807) is 0 Å². The van der Waals surface area contributed by atoms with Crippen molar-refractivity contribution < 1.29 is 4.79 Å². The summed E-state index contributed by atoms with van der Waals surface area (Å²) in [6.07, 6.45) is 4.62. The van der Waals surface area contributed by atoms with E-state index in [0.29, 0.717) is 17.9 Å². The third-order valence-electron chi connectivity index (χ3n) is 5.56. The van der Waals surface area contributed by atoms with Gasteiger partial charge in [0.2, 0.25) is 5.91 Å². The van der Waals surface area contributed by atoms with Gasteiger partial charge in [0.05, 0.1) is 0 Å². The highest BCUT2D eigenvalue weighted by atomic mass is 16.2. The van der Waals surface area contributed by atoms with Crippen molar-refractivity contribution in [2.24, 2.45) is 5.92 Å². The van der Waals surface area contributed by atoms with E-state index >= 15 is 0 Å². The second-order valence-electron chi connectivity index (χ2n) is 7.28. The SMILES string of the molecule is Cc1ccc(C)c(C2NC3(CC3)C(=O)N2C(C)C2CC2)c1. The van der Waals surface area contributed by atoms with E-state index in [1.807, 2.05) is 0 Å². The number of carbonyl (C=O) groups is 1. The first-order chi connectivity index (χ1) is 10.0. The van der Waals surface area contributed by atoms with Crippen molar-refractivity contribution in [1.82, 2.24) is 10.2 Å². The fraction of sp³-hybridized carbons (Fsp3) is 0.611. The van der Waals surface area contributed by atoms with Gasteiger partial charge in [-0.3, -0.25) is 10.1 Å². The van der Waals surface area contributed by atoms with Crippen molar-refractivity contribution in [3.8, 4) is 0 Å². The van der Waals surface area contributed by atoms with Crippen molar-refractivity contribution >= 4 is 5.91 Å². The number of nitrogens with one attached hydrogen (secondary N) is 1. The molecule has 1 heterocycles. The molecule has 2 aliphatic carbocycles. The third-order valence-corrected chi connectivity index (χ3v) is 5.56. The van der Waals surface area contributed by atoms with Crippen LogP contribution in [-0.4, -0.2) is 22.4 Å². The predicted octanol–water partition coefficient (Wildman–Crippen LogP) is 3.06. The van der Waals surface area contributed by atoms with Crippen molar-refractivity contribution in [3.63, 3.8) is 0 Å². The number of rotatable bonds is 3. The molecular weight excluding hydrogens is 260 g/mol. The predicted molar refractivity (Wildman–Crippen MR) is 82.8 cm³/mol. The molecule has 1 amide bonds. The van der Waals surface area contributed by atoms with Gasteiger partial charge in [0, 0.05) is 6.04 Å². The first-order valence-electron chi connectivity index (χ1n) is 8.19. The van der Waals surface area contributed by atoms with Gasteiger partial charge < -0.3 is 4.90 Å². The fourth-order valence-electron chi connectivity index (χ4n) is 3.75. The number of hydrogen-bond acceptors (Lipinski definition) is 2. The van der Waals surface area contributed by atoms with Crippen molar-refractivity contribution in [2.75, 3.05) is 0 Å². The summed E-state index contributed by atoms with van der Waals surface area (Å²) in [5, 5.41) is 3.67. The lowest BCUT2D eigenvalue weighted by Crippen LogP contribution is -2.40. The van der Waals surface area contributed by atoms with Gasteiger partial charge in [-0.05, 0) is 63.5 Å². The van der Waals surface area contributed by atoms with Gasteiger partial charge in [-0.25, -0.2) is 0 Å². The molecule has 0 radical (unpaired) electrons. The van der Waals surface area contributed by atoms with Crippen molar-refractivity contribution in [1.29, 1.82) is 0 Å².